The van der Waals surface area contributed by atoms with Crippen molar-refractivity contribution in [3.8, 4) is 0 Å². The zero-order valence-electron chi connectivity index (χ0n) is 21.5. The van der Waals surface area contributed by atoms with E-state index in [0.29, 0.717) is 48.2 Å². The fourth-order valence-electron chi connectivity index (χ4n) is 4.08. The van der Waals surface area contributed by atoms with Crippen LogP contribution in [0, 0.1) is 6.92 Å². The van der Waals surface area contributed by atoms with Gasteiger partial charge in [-0.1, -0.05) is 23.5 Å². The first-order valence-electron chi connectivity index (χ1n) is 12.0. The standard InChI is InChI=1S/C27H31N5O3S2/c1-18-21(6-5-7-23(18)26(35)32-14-12-31(13-15-32)19(2)33)17-36-24-16-28-27(37-24)29-25(34)20-8-10-22(11-9-20)30(3)4/h5-11,16H,12-15,17H2,1-4H3,(H,28,29,34). The van der Waals surface area contributed by atoms with Gasteiger partial charge in [0.25, 0.3) is 11.8 Å². The van der Waals surface area contributed by atoms with Crippen LogP contribution < -0.4 is 10.2 Å². The van der Waals surface area contributed by atoms with E-state index < -0.39 is 0 Å². The number of hydrogen-bond donors (Lipinski definition) is 1. The molecular weight excluding hydrogens is 506 g/mol. The summed E-state index contributed by atoms with van der Waals surface area (Å²) in [5, 5.41) is 3.42. The second-order valence-corrected chi connectivity index (χ2v) is 11.4. The molecule has 1 aliphatic heterocycles. The quantitative estimate of drug-likeness (QED) is 0.451. The summed E-state index contributed by atoms with van der Waals surface area (Å²) in [6, 6.07) is 13.2. The summed E-state index contributed by atoms with van der Waals surface area (Å²) >= 11 is 3.06. The zero-order chi connectivity index (χ0) is 26.5. The topological polar surface area (TPSA) is 85.9 Å². The SMILES string of the molecule is CC(=O)N1CCN(C(=O)c2cccc(CSc3cnc(NC(=O)c4ccc(N(C)C)cc4)s3)c2C)CC1. The molecule has 10 heteroatoms. The third kappa shape index (κ3) is 6.50. The van der Waals surface area contributed by atoms with E-state index in [2.05, 4.69) is 10.3 Å². The molecule has 1 aromatic heterocycles. The lowest BCUT2D eigenvalue weighted by atomic mass is 10.0. The molecule has 0 saturated carbocycles. The van der Waals surface area contributed by atoms with Crippen LogP contribution in [0.1, 0.15) is 38.8 Å². The van der Waals surface area contributed by atoms with Crippen molar-refractivity contribution in [1.82, 2.24) is 14.8 Å². The maximum absolute atomic E-state index is 13.2. The van der Waals surface area contributed by atoms with Gasteiger partial charge in [-0.3, -0.25) is 19.7 Å². The second kappa shape index (κ2) is 11.8. The first-order chi connectivity index (χ1) is 17.7. The molecule has 4 rings (SSSR count). The van der Waals surface area contributed by atoms with Crippen LogP contribution in [0.2, 0.25) is 0 Å². The number of carbonyl (C=O) groups is 3. The minimum absolute atomic E-state index is 0.00829. The van der Waals surface area contributed by atoms with Crippen molar-refractivity contribution in [1.29, 1.82) is 0 Å². The lowest BCUT2D eigenvalue weighted by Gasteiger charge is -2.34. The largest absolute Gasteiger partial charge is 0.378 e. The summed E-state index contributed by atoms with van der Waals surface area (Å²) in [5.41, 5.74) is 4.36. The Morgan fingerprint density at radius 2 is 1.70 bits per heavy atom. The van der Waals surface area contributed by atoms with Gasteiger partial charge < -0.3 is 14.7 Å². The Balaban J connectivity index is 1.35. The summed E-state index contributed by atoms with van der Waals surface area (Å²) < 4.78 is 0.981. The Morgan fingerprint density at radius 1 is 1.03 bits per heavy atom. The van der Waals surface area contributed by atoms with E-state index in [1.165, 1.54) is 11.3 Å². The third-order valence-electron chi connectivity index (χ3n) is 6.41. The lowest BCUT2D eigenvalue weighted by Crippen LogP contribution is -2.50. The van der Waals surface area contributed by atoms with E-state index in [0.717, 1.165) is 21.0 Å². The lowest BCUT2D eigenvalue weighted by molar-refractivity contribution is -0.130. The fourth-order valence-corrected chi connectivity index (χ4v) is 6.01. The van der Waals surface area contributed by atoms with Crippen molar-refractivity contribution in [3.05, 3.63) is 70.9 Å². The molecule has 0 bridgehead atoms. The molecule has 0 unspecified atom stereocenters. The third-order valence-corrected chi connectivity index (χ3v) is 8.57. The maximum atomic E-state index is 13.2. The van der Waals surface area contributed by atoms with Gasteiger partial charge in [0.2, 0.25) is 5.91 Å². The van der Waals surface area contributed by atoms with E-state index in [1.807, 2.05) is 61.2 Å². The van der Waals surface area contributed by atoms with Crippen molar-refractivity contribution in [2.75, 3.05) is 50.5 Å². The van der Waals surface area contributed by atoms with Gasteiger partial charge in [-0.2, -0.15) is 0 Å². The molecule has 1 aliphatic rings. The number of rotatable bonds is 7. The van der Waals surface area contributed by atoms with Crippen LogP contribution in [0.4, 0.5) is 10.8 Å². The molecule has 0 radical (unpaired) electrons. The molecule has 0 spiro atoms. The van der Waals surface area contributed by atoms with Crippen molar-refractivity contribution in [2.24, 2.45) is 0 Å². The van der Waals surface area contributed by atoms with E-state index in [4.69, 9.17) is 0 Å². The number of aromatic nitrogens is 1. The summed E-state index contributed by atoms with van der Waals surface area (Å²) in [7, 11) is 3.91. The van der Waals surface area contributed by atoms with Crippen molar-refractivity contribution >= 4 is 51.6 Å². The number of amides is 3. The van der Waals surface area contributed by atoms with E-state index in [-0.39, 0.29) is 17.7 Å². The highest BCUT2D eigenvalue weighted by Crippen LogP contribution is 2.32. The van der Waals surface area contributed by atoms with Gasteiger partial charge >= 0.3 is 0 Å². The minimum atomic E-state index is -0.192. The molecule has 2 aromatic carbocycles. The van der Waals surface area contributed by atoms with Gasteiger partial charge in [0, 0.05) is 69.8 Å². The Morgan fingerprint density at radius 3 is 2.35 bits per heavy atom. The number of hydrogen-bond acceptors (Lipinski definition) is 7. The second-order valence-electron chi connectivity index (χ2n) is 9.06. The number of piperazine rings is 1. The predicted molar refractivity (Wildman–Crippen MR) is 150 cm³/mol. The van der Waals surface area contributed by atoms with E-state index in [1.54, 1.807) is 41.9 Å². The highest BCUT2D eigenvalue weighted by molar-refractivity contribution is 8.00. The van der Waals surface area contributed by atoms with Crippen molar-refractivity contribution in [2.45, 2.75) is 23.8 Å². The number of carbonyl (C=O) groups excluding carboxylic acids is 3. The summed E-state index contributed by atoms with van der Waals surface area (Å²) in [4.78, 5) is 47.3. The first kappa shape index (κ1) is 26.7. The highest BCUT2D eigenvalue weighted by Gasteiger charge is 2.24. The molecule has 1 N–H and O–H groups in total. The highest BCUT2D eigenvalue weighted by atomic mass is 32.2. The average Bonchev–Trinajstić information content (AvgIpc) is 3.35. The molecular formula is C27H31N5O3S2. The molecule has 8 nitrogen and oxygen atoms in total. The minimum Gasteiger partial charge on any atom is -0.378 e. The summed E-state index contributed by atoms with van der Waals surface area (Å²) in [5.74, 6) is 0.551. The van der Waals surface area contributed by atoms with Gasteiger partial charge in [0.1, 0.15) is 0 Å². The number of nitrogens with one attached hydrogen (secondary N) is 1. The molecule has 1 fully saturated rings. The van der Waals surface area contributed by atoms with Gasteiger partial charge in [-0.05, 0) is 48.4 Å². The van der Waals surface area contributed by atoms with Crippen LogP contribution in [0.25, 0.3) is 0 Å². The van der Waals surface area contributed by atoms with Crippen LogP contribution in [0.15, 0.2) is 52.9 Å². The number of benzene rings is 2. The van der Waals surface area contributed by atoms with Gasteiger partial charge in [-0.15, -0.1) is 11.8 Å². The van der Waals surface area contributed by atoms with E-state index in [9.17, 15) is 14.4 Å². The van der Waals surface area contributed by atoms with Crippen molar-refractivity contribution < 1.29 is 14.4 Å². The number of nitrogens with zero attached hydrogens (tertiary/aromatic N) is 4. The molecule has 37 heavy (non-hydrogen) atoms. The van der Waals surface area contributed by atoms with Crippen LogP contribution >= 0.6 is 23.1 Å². The predicted octanol–water partition coefficient (Wildman–Crippen LogP) is 4.37. The van der Waals surface area contributed by atoms with Crippen molar-refractivity contribution in [3.63, 3.8) is 0 Å². The molecule has 0 aliphatic carbocycles. The average molecular weight is 538 g/mol. The summed E-state index contributed by atoms with van der Waals surface area (Å²) in [6.07, 6.45) is 1.76. The fraction of sp³-hybridized carbons (Fsp3) is 0.333. The van der Waals surface area contributed by atoms with Crippen LogP contribution in [-0.2, 0) is 10.5 Å². The molecule has 0 atom stereocenters. The Labute approximate surface area is 225 Å². The van der Waals surface area contributed by atoms with E-state index >= 15 is 0 Å². The normalized spacial score (nSPS) is 13.4. The van der Waals surface area contributed by atoms with Crippen LogP contribution in [-0.4, -0.2) is 72.8 Å². The molecule has 1 saturated heterocycles. The van der Waals surface area contributed by atoms with Gasteiger partial charge in [0.15, 0.2) is 5.13 Å². The van der Waals surface area contributed by atoms with Gasteiger partial charge in [0.05, 0.1) is 10.4 Å². The van der Waals surface area contributed by atoms with Gasteiger partial charge in [-0.25, -0.2) is 4.98 Å². The molecule has 3 aromatic rings. The maximum Gasteiger partial charge on any atom is 0.257 e. The Kier molecular flexibility index (Phi) is 8.50. The number of anilines is 2. The van der Waals surface area contributed by atoms with Crippen LogP contribution in [0.3, 0.4) is 0 Å². The monoisotopic (exact) mass is 537 g/mol. The Hall–Kier alpha value is -3.37. The molecule has 3 amide bonds. The molecule has 2 heterocycles. The number of thioether (sulfide) groups is 1. The summed E-state index contributed by atoms with van der Waals surface area (Å²) in [6.45, 7) is 5.78. The van der Waals surface area contributed by atoms with Crippen LogP contribution in [0.5, 0.6) is 0 Å². The number of thiazole rings is 1. The first-order valence-corrected chi connectivity index (χ1v) is 13.8. The zero-order valence-corrected chi connectivity index (χ0v) is 23.1. The Bertz CT molecular complexity index is 1280. The smallest absolute Gasteiger partial charge is 0.257 e. The molecule has 194 valence electrons.